The first-order chi connectivity index (χ1) is 10.7. The molecular formula is C16H12FN3OS. The number of hydrogen-bond donors (Lipinski definition) is 2. The molecule has 0 fully saturated rings. The molecule has 0 bridgehead atoms. The van der Waals surface area contributed by atoms with Crippen molar-refractivity contribution < 1.29 is 9.50 Å². The number of nitrogens with one attached hydrogen (secondary N) is 1. The van der Waals surface area contributed by atoms with Crippen LogP contribution < -0.4 is 5.43 Å². The number of hydrazone groups is 1. The lowest BCUT2D eigenvalue weighted by Crippen LogP contribution is -1.91. The summed E-state index contributed by atoms with van der Waals surface area (Å²) in [6.07, 6.45) is 1.35. The van der Waals surface area contributed by atoms with Crippen molar-refractivity contribution in [2.75, 3.05) is 5.43 Å². The third-order valence-electron chi connectivity index (χ3n) is 2.96. The monoisotopic (exact) mass is 313 g/mol. The van der Waals surface area contributed by atoms with Crippen molar-refractivity contribution in [1.82, 2.24) is 4.98 Å². The quantitative estimate of drug-likeness (QED) is 0.563. The van der Waals surface area contributed by atoms with Crippen LogP contribution in [0.1, 0.15) is 5.56 Å². The summed E-state index contributed by atoms with van der Waals surface area (Å²) in [5.74, 6) is -1.10. The van der Waals surface area contributed by atoms with E-state index in [-0.39, 0.29) is 0 Å². The van der Waals surface area contributed by atoms with Crippen LogP contribution in [0.4, 0.5) is 9.52 Å². The third-order valence-corrected chi connectivity index (χ3v) is 3.70. The second kappa shape index (κ2) is 6.36. The zero-order valence-electron chi connectivity index (χ0n) is 11.4. The molecule has 0 aliphatic carbocycles. The van der Waals surface area contributed by atoms with Gasteiger partial charge in [-0.2, -0.15) is 5.10 Å². The summed E-state index contributed by atoms with van der Waals surface area (Å²) < 4.78 is 13.2. The van der Waals surface area contributed by atoms with Crippen molar-refractivity contribution in [3.8, 4) is 17.0 Å². The van der Waals surface area contributed by atoms with Crippen LogP contribution in [0.25, 0.3) is 11.3 Å². The zero-order valence-corrected chi connectivity index (χ0v) is 12.2. The summed E-state index contributed by atoms with van der Waals surface area (Å²) in [7, 11) is 0. The summed E-state index contributed by atoms with van der Waals surface area (Å²) in [5.41, 5.74) is 4.96. The molecule has 110 valence electrons. The number of nitrogens with zero attached hydrogens (tertiary/aromatic N) is 2. The number of phenols is 1. The lowest BCUT2D eigenvalue weighted by molar-refractivity contribution is 0.431. The van der Waals surface area contributed by atoms with E-state index in [4.69, 9.17) is 0 Å². The summed E-state index contributed by atoms with van der Waals surface area (Å²) in [6.45, 7) is 0. The number of aromatic nitrogens is 1. The molecule has 0 radical (unpaired) electrons. The Kier molecular flexibility index (Phi) is 4.11. The smallest absolute Gasteiger partial charge is 0.203 e. The largest absolute Gasteiger partial charge is 0.504 e. The molecule has 4 nitrogen and oxygen atoms in total. The maximum atomic E-state index is 13.2. The molecule has 2 N–H and O–H groups in total. The van der Waals surface area contributed by atoms with E-state index in [2.05, 4.69) is 15.5 Å². The van der Waals surface area contributed by atoms with E-state index in [9.17, 15) is 9.50 Å². The number of thiazole rings is 1. The molecule has 0 unspecified atom stereocenters. The Labute approximate surface area is 130 Å². The van der Waals surface area contributed by atoms with Gasteiger partial charge in [-0.05, 0) is 12.1 Å². The van der Waals surface area contributed by atoms with Crippen LogP contribution in [0.5, 0.6) is 5.75 Å². The number of halogens is 1. The molecule has 3 aromatic rings. The molecule has 0 aliphatic heterocycles. The highest BCUT2D eigenvalue weighted by molar-refractivity contribution is 7.14. The number of phenolic OH excluding ortho intramolecular Hbond substituents is 1. The third kappa shape index (κ3) is 3.12. The van der Waals surface area contributed by atoms with Gasteiger partial charge in [-0.1, -0.05) is 36.4 Å². The van der Waals surface area contributed by atoms with Gasteiger partial charge in [0.1, 0.15) is 0 Å². The van der Waals surface area contributed by atoms with E-state index in [1.807, 2.05) is 35.7 Å². The van der Waals surface area contributed by atoms with Gasteiger partial charge in [0.25, 0.3) is 0 Å². The summed E-state index contributed by atoms with van der Waals surface area (Å²) in [6, 6.07) is 14.1. The molecule has 0 amide bonds. The van der Waals surface area contributed by atoms with Gasteiger partial charge in [0, 0.05) is 16.5 Å². The maximum Gasteiger partial charge on any atom is 0.203 e. The number of aromatic hydroxyl groups is 1. The van der Waals surface area contributed by atoms with Gasteiger partial charge in [-0.15, -0.1) is 11.3 Å². The Morgan fingerprint density at radius 3 is 2.77 bits per heavy atom. The molecule has 1 heterocycles. The van der Waals surface area contributed by atoms with Crippen molar-refractivity contribution in [2.24, 2.45) is 5.10 Å². The van der Waals surface area contributed by atoms with Crippen LogP contribution in [0.2, 0.25) is 0 Å². The van der Waals surface area contributed by atoms with Crippen LogP contribution in [0.3, 0.4) is 0 Å². The number of rotatable bonds is 4. The van der Waals surface area contributed by atoms with Crippen molar-refractivity contribution in [1.29, 1.82) is 0 Å². The Bertz CT molecular complexity index is 802. The van der Waals surface area contributed by atoms with E-state index in [0.717, 1.165) is 11.3 Å². The predicted molar refractivity (Wildman–Crippen MR) is 86.8 cm³/mol. The highest BCUT2D eigenvalue weighted by atomic mass is 32.1. The average Bonchev–Trinajstić information content (AvgIpc) is 3.01. The standard InChI is InChI=1S/C16H12FN3OS/c17-13-8-4-7-12(15(13)21)9-18-20-16-19-14(10-22-16)11-5-2-1-3-6-11/h1-10,21H,(H,19,20). The fraction of sp³-hybridized carbons (Fsp3) is 0. The van der Waals surface area contributed by atoms with E-state index < -0.39 is 11.6 Å². The molecular weight excluding hydrogens is 301 g/mol. The van der Waals surface area contributed by atoms with E-state index in [1.165, 1.54) is 29.7 Å². The van der Waals surface area contributed by atoms with Crippen LogP contribution in [0.15, 0.2) is 59.0 Å². The highest BCUT2D eigenvalue weighted by Gasteiger charge is 2.05. The second-order valence-electron chi connectivity index (χ2n) is 4.45. The summed E-state index contributed by atoms with van der Waals surface area (Å²) in [4.78, 5) is 4.41. The van der Waals surface area contributed by atoms with Gasteiger partial charge in [0.2, 0.25) is 5.13 Å². The van der Waals surface area contributed by atoms with E-state index in [1.54, 1.807) is 6.07 Å². The predicted octanol–water partition coefficient (Wildman–Crippen LogP) is 4.10. The Morgan fingerprint density at radius 1 is 1.14 bits per heavy atom. The van der Waals surface area contributed by atoms with Crippen molar-refractivity contribution >= 4 is 22.7 Å². The lowest BCUT2D eigenvalue weighted by Gasteiger charge is -1.99. The average molecular weight is 313 g/mol. The molecule has 0 atom stereocenters. The van der Waals surface area contributed by atoms with Crippen molar-refractivity contribution in [3.05, 3.63) is 65.3 Å². The SMILES string of the molecule is Oc1c(F)cccc1C=NNc1nc(-c2ccccc2)cs1. The van der Waals surface area contributed by atoms with Gasteiger partial charge >= 0.3 is 0 Å². The van der Waals surface area contributed by atoms with Crippen LogP contribution in [0, 0.1) is 5.82 Å². The zero-order chi connectivity index (χ0) is 15.4. The molecule has 0 saturated carbocycles. The van der Waals surface area contributed by atoms with Crippen LogP contribution >= 0.6 is 11.3 Å². The summed E-state index contributed by atoms with van der Waals surface area (Å²) >= 11 is 1.41. The Balaban J connectivity index is 1.71. The Morgan fingerprint density at radius 2 is 1.95 bits per heavy atom. The second-order valence-corrected chi connectivity index (χ2v) is 5.31. The van der Waals surface area contributed by atoms with Gasteiger partial charge in [-0.3, -0.25) is 5.43 Å². The minimum Gasteiger partial charge on any atom is -0.504 e. The molecule has 0 saturated heterocycles. The number of para-hydroxylation sites is 1. The van der Waals surface area contributed by atoms with Crippen molar-refractivity contribution in [3.63, 3.8) is 0 Å². The molecule has 0 spiro atoms. The maximum absolute atomic E-state index is 13.2. The van der Waals surface area contributed by atoms with Gasteiger partial charge in [0.15, 0.2) is 11.6 Å². The first-order valence-corrected chi connectivity index (χ1v) is 7.39. The van der Waals surface area contributed by atoms with Gasteiger partial charge < -0.3 is 5.11 Å². The molecule has 2 aromatic carbocycles. The minimum atomic E-state index is -0.676. The number of anilines is 1. The summed E-state index contributed by atoms with van der Waals surface area (Å²) in [5, 5.41) is 16.0. The van der Waals surface area contributed by atoms with Crippen LogP contribution in [-0.4, -0.2) is 16.3 Å². The molecule has 22 heavy (non-hydrogen) atoms. The Hall–Kier alpha value is -2.73. The van der Waals surface area contributed by atoms with Gasteiger partial charge in [-0.25, -0.2) is 9.37 Å². The fourth-order valence-electron chi connectivity index (χ4n) is 1.86. The molecule has 6 heteroatoms. The molecule has 0 aliphatic rings. The topological polar surface area (TPSA) is 57.5 Å². The van der Waals surface area contributed by atoms with E-state index >= 15 is 0 Å². The van der Waals surface area contributed by atoms with Gasteiger partial charge in [0.05, 0.1) is 11.9 Å². The first-order valence-electron chi connectivity index (χ1n) is 6.51. The number of hydrogen-bond acceptors (Lipinski definition) is 5. The normalized spacial score (nSPS) is 11.0. The fourth-order valence-corrected chi connectivity index (χ4v) is 2.53. The first kappa shape index (κ1) is 14.2. The van der Waals surface area contributed by atoms with E-state index in [0.29, 0.717) is 10.7 Å². The molecule has 1 aromatic heterocycles. The lowest BCUT2D eigenvalue weighted by atomic mass is 10.2. The van der Waals surface area contributed by atoms with Crippen molar-refractivity contribution in [2.45, 2.75) is 0 Å². The molecule has 3 rings (SSSR count). The highest BCUT2D eigenvalue weighted by Crippen LogP contribution is 2.24. The van der Waals surface area contributed by atoms with Crippen LogP contribution in [-0.2, 0) is 0 Å². The number of benzene rings is 2. The minimum absolute atomic E-state index is 0.298.